The topological polar surface area (TPSA) is 93.2 Å². The van der Waals surface area contributed by atoms with E-state index >= 15 is 0 Å². The molecule has 1 rings (SSSR count). The van der Waals surface area contributed by atoms with E-state index in [0.29, 0.717) is 19.6 Å². The van der Waals surface area contributed by atoms with Gasteiger partial charge in [0.2, 0.25) is 10.0 Å². The first-order valence-electron chi connectivity index (χ1n) is 7.03. The summed E-state index contributed by atoms with van der Waals surface area (Å²) in [6.45, 7) is 6.41. The third-order valence-electron chi connectivity index (χ3n) is 3.00. The van der Waals surface area contributed by atoms with E-state index < -0.39 is 10.0 Å². The lowest BCUT2D eigenvalue weighted by Crippen LogP contribution is -2.39. The third kappa shape index (κ3) is 6.13. The van der Waals surface area contributed by atoms with Gasteiger partial charge in [0.25, 0.3) is 0 Å². The average Bonchev–Trinajstić information content (AvgIpc) is 2.82. The Bertz CT molecular complexity index is 537. The fraction of sp³-hybridized carbons (Fsp3) is 0.769. The van der Waals surface area contributed by atoms with Gasteiger partial charge in [0.1, 0.15) is 4.90 Å². The lowest BCUT2D eigenvalue weighted by molar-refractivity contribution is 0.242. The minimum atomic E-state index is -3.52. The standard InChI is InChI=1S/C13H27N5O2S/c1-13(2,11-17(3)4)10-16-21(19,20)12-8-15-18(9-12)7-5-6-14/h8-9,16H,5-7,10-11,14H2,1-4H3. The molecule has 7 nitrogen and oxygen atoms in total. The maximum Gasteiger partial charge on any atom is 0.243 e. The van der Waals surface area contributed by atoms with Crippen LogP contribution in [0, 0.1) is 5.41 Å². The summed E-state index contributed by atoms with van der Waals surface area (Å²) in [6, 6.07) is 0. The Hall–Kier alpha value is -0.960. The van der Waals surface area contributed by atoms with Crippen LogP contribution in [0.3, 0.4) is 0 Å². The molecule has 0 aromatic carbocycles. The average molecular weight is 317 g/mol. The first kappa shape index (κ1) is 18.1. The largest absolute Gasteiger partial charge is 0.330 e. The van der Waals surface area contributed by atoms with Gasteiger partial charge in [-0.3, -0.25) is 4.68 Å². The summed E-state index contributed by atoms with van der Waals surface area (Å²) in [4.78, 5) is 2.24. The van der Waals surface area contributed by atoms with Crippen molar-refractivity contribution in [3.63, 3.8) is 0 Å². The highest BCUT2D eigenvalue weighted by molar-refractivity contribution is 7.89. The first-order valence-corrected chi connectivity index (χ1v) is 8.51. The number of nitrogens with one attached hydrogen (secondary N) is 1. The van der Waals surface area contributed by atoms with Crippen LogP contribution < -0.4 is 10.5 Å². The van der Waals surface area contributed by atoms with Gasteiger partial charge in [-0.1, -0.05) is 13.8 Å². The monoisotopic (exact) mass is 317 g/mol. The summed E-state index contributed by atoms with van der Waals surface area (Å²) in [5.41, 5.74) is 5.28. The molecular formula is C13H27N5O2S. The molecule has 1 heterocycles. The van der Waals surface area contributed by atoms with Crippen molar-refractivity contribution in [1.29, 1.82) is 0 Å². The van der Waals surface area contributed by atoms with Gasteiger partial charge in [-0.15, -0.1) is 0 Å². The van der Waals surface area contributed by atoms with Crippen molar-refractivity contribution in [2.75, 3.05) is 33.7 Å². The molecule has 0 spiro atoms. The number of aromatic nitrogens is 2. The lowest BCUT2D eigenvalue weighted by atomic mass is 9.93. The highest BCUT2D eigenvalue weighted by Gasteiger charge is 2.23. The summed E-state index contributed by atoms with van der Waals surface area (Å²) in [5, 5.41) is 4.05. The molecule has 0 saturated heterocycles. The van der Waals surface area contributed by atoms with Crippen LogP contribution in [0.1, 0.15) is 20.3 Å². The van der Waals surface area contributed by atoms with E-state index in [0.717, 1.165) is 13.0 Å². The van der Waals surface area contributed by atoms with Gasteiger partial charge in [-0.25, -0.2) is 13.1 Å². The number of rotatable bonds is 9. The quantitative estimate of drug-likeness (QED) is 0.674. The van der Waals surface area contributed by atoms with Crippen molar-refractivity contribution in [1.82, 2.24) is 19.4 Å². The molecule has 0 amide bonds. The number of hydrogen-bond donors (Lipinski definition) is 2. The van der Waals surface area contributed by atoms with Crippen LogP contribution >= 0.6 is 0 Å². The zero-order chi connectivity index (χ0) is 16.1. The fourth-order valence-corrected chi connectivity index (χ4v) is 3.34. The van der Waals surface area contributed by atoms with Crippen molar-refractivity contribution in [3.8, 4) is 0 Å². The van der Waals surface area contributed by atoms with Crippen LogP contribution in [0.5, 0.6) is 0 Å². The fourth-order valence-electron chi connectivity index (χ4n) is 2.14. The predicted molar refractivity (Wildman–Crippen MR) is 83.4 cm³/mol. The van der Waals surface area contributed by atoms with Crippen LogP contribution in [0.2, 0.25) is 0 Å². The summed E-state index contributed by atoms with van der Waals surface area (Å²) in [6.07, 6.45) is 3.68. The van der Waals surface area contributed by atoms with Crippen molar-refractivity contribution in [2.45, 2.75) is 31.7 Å². The van der Waals surface area contributed by atoms with E-state index in [2.05, 4.69) is 9.82 Å². The summed E-state index contributed by atoms with van der Waals surface area (Å²) in [5.74, 6) is 0. The van der Waals surface area contributed by atoms with E-state index in [1.54, 1.807) is 4.68 Å². The molecule has 0 atom stereocenters. The van der Waals surface area contributed by atoms with Gasteiger partial charge in [0.05, 0.1) is 6.20 Å². The zero-order valence-corrected chi connectivity index (χ0v) is 14.2. The molecule has 0 aliphatic carbocycles. The highest BCUT2D eigenvalue weighted by Crippen LogP contribution is 2.16. The predicted octanol–water partition coefficient (Wildman–Crippen LogP) is 0.0980. The molecule has 0 bridgehead atoms. The normalized spacial score (nSPS) is 13.0. The second-order valence-electron chi connectivity index (χ2n) is 6.31. The van der Waals surface area contributed by atoms with Gasteiger partial charge in [-0.05, 0) is 32.5 Å². The lowest BCUT2D eigenvalue weighted by Gasteiger charge is -2.28. The number of nitrogens with zero attached hydrogens (tertiary/aromatic N) is 3. The molecule has 1 aromatic heterocycles. The summed E-state index contributed by atoms with van der Waals surface area (Å²) >= 11 is 0. The molecule has 1 aromatic rings. The van der Waals surface area contributed by atoms with E-state index in [1.165, 1.54) is 12.4 Å². The second-order valence-corrected chi connectivity index (χ2v) is 8.07. The second kappa shape index (κ2) is 7.35. The van der Waals surface area contributed by atoms with Crippen molar-refractivity contribution < 1.29 is 8.42 Å². The molecule has 0 radical (unpaired) electrons. The van der Waals surface area contributed by atoms with Crippen LogP contribution in [0.15, 0.2) is 17.3 Å². The van der Waals surface area contributed by atoms with Gasteiger partial charge >= 0.3 is 0 Å². The summed E-state index contributed by atoms with van der Waals surface area (Å²) in [7, 11) is 0.423. The molecule has 21 heavy (non-hydrogen) atoms. The van der Waals surface area contributed by atoms with Crippen molar-refractivity contribution in [3.05, 3.63) is 12.4 Å². The number of hydrogen-bond acceptors (Lipinski definition) is 5. The molecule has 8 heteroatoms. The Morgan fingerprint density at radius 1 is 1.43 bits per heavy atom. The SMILES string of the molecule is CN(C)CC(C)(C)CNS(=O)(=O)c1cnn(CCCN)c1. The first-order chi connectivity index (χ1) is 9.66. The Morgan fingerprint density at radius 3 is 2.67 bits per heavy atom. The van der Waals surface area contributed by atoms with E-state index in [-0.39, 0.29) is 10.3 Å². The van der Waals surface area contributed by atoms with Crippen LogP contribution in [-0.2, 0) is 16.6 Å². The Labute approximate surface area is 127 Å². The van der Waals surface area contributed by atoms with Crippen LogP contribution in [0.25, 0.3) is 0 Å². The number of aryl methyl sites for hydroxylation is 1. The summed E-state index contributed by atoms with van der Waals surface area (Å²) < 4.78 is 28.8. The molecule has 0 unspecified atom stereocenters. The Kier molecular flexibility index (Phi) is 6.33. The molecule has 0 aliphatic rings. The van der Waals surface area contributed by atoms with Crippen molar-refractivity contribution >= 4 is 10.0 Å². The minimum absolute atomic E-state index is 0.147. The van der Waals surface area contributed by atoms with Crippen molar-refractivity contribution in [2.24, 2.45) is 11.1 Å². The molecule has 3 N–H and O–H groups in total. The number of sulfonamides is 1. The van der Waals surface area contributed by atoms with E-state index in [4.69, 9.17) is 5.73 Å². The molecule has 0 saturated carbocycles. The van der Waals surface area contributed by atoms with Gasteiger partial charge in [-0.2, -0.15) is 5.10 Å². The van der Waals surface area contributed by atoms with E-state index in [9.17, 15) is 8.42 Å². The zero-order valence-electron chi connectivity index (χ0n) is 13.3. The maximum atomic E-state index is 12.2. The molecule has 122 valence electrons. The van der Waals surface area contributed by atoms with Gasteiger partial charge in [0, 0.05) is 25.8 Å². The smallest absolute Gasteiger partial charge is 0.243 e. The van der Waals surface area contributed by atoms with Gasteiger partial charge in [0.15, 0.2) is 0 Å². The third-order valence-corrected chi connectivity index (χ3v) is 4.35. The minimum Gasteiger partial charge on any atom is -0.330 e. The molecule has 0 aliphatic heterocycles. The van der Waals surface area contributed by atoms with E-state index in [1.807, 2.05) is 32.8 Å². The molecular weight excluding hydrogens is 290 g/mol. The van der Waals surface area contributed by atoms with Crippen LogP contribution in [0.4, 0.5) is 0 Å². The number of nitrogens with two attached hydrogens (primary N) is 1. The Morgan fingerprint density at radius 2 is 2.10 bits per heavy atom. The molecule has 0 fully saturated rings. The van der Waals surface area contributed by atoms with Gasteiger partial charge < -0.3 is 10.6 Å². The highest BCUT2D eigenvalue weighted by atomic mass is 32.2. The maximum absolute atomic E-state index is 12.2. The van der Waals surface area contributed by atoms with Crippen LogP contribution in [-0.4, -0.2) is 56.8 Å². The Balaban J connectivity index is 2.67.